The van der Waals surface area contributed by atoms with Crippen molar-refractivity contribution in [2.45, 2.75) is 49.9 Å². The SMILES string of the molecule is CSCCC(NC(=O)C(Cc1cnc[nH]1)NC(=O)C(N)Cc1cnc[nH]1)C(=O)NC(Cc1cnc[nH]1)C(=O)O. The van der Waals surface area contributed by atoms with Gasteiger partial charge in [0.2, 0.25) is 17.7 Å². The first-order valence-electron chi connectivity index (χ1n) is 12.1. The van der Waals surface area contributed by atoms with Crippen LogP contribution in [0.4, 0.5) is 0 Å². The molecule has 3 heterocycles. The molecule has 9 N–H and O–H groups in total. The van der Waals surface area contributed by atoms with Crippen LogP contribution in [-0.2, 0) is 38.4 Å². The molecule has 0 aromatic carbocycles. The van der Waals surface area contributed by atoms with Crippen molar-refractivity contribution in [1.29, 1.82) is 0 Å². The van der Waals surface area contributed by atoms with Gasteiger partial charge in [0.1, 0.15) is 18.1 Å². The van der Waals surface area contributed by atoms with Gasteiger partial charge < -0.3 is 41.7 Å². The van der Waals surface area contributed by atoms with E-state index in [2.05, 4.69) is 45.9 Å². The van der Waals surface area contributed by atoms with Crippen LogP contribution in [0.1, 0.15) is 23.5 Å². The summed E-state index contributed by atoms with van der Waals surface area (Å²) >= 11 is 1.46. The number of aromatic nitrogens is 6. The molecule has 0 fully saturated rings. The summed E-state index contributed by atoms with van der Waals surface area (Å²) in [5, 5.41) is 17.4. The molecule has 4 atom stereocenters. The topological polar surface area (TPSA) is 237 Å². The molecule has 4 unspecified atom stereocenters. The maximum absolute atomic E-state index is 13.4. The van der Waals surface area contributed by atoms with Crippen LogP contribution in [0.2, 0.25) is 0 Å². The van der Waals surface area contributed by atoms with Crippen LogP contribution in [0.5, 0.6) is 0 Å². The third kappa shape index (κ3) is 9.26. The Morgan fingerprint density at radius 1 is 0.795 bits per heavy atom. The molecule has 39 heavy (non-hydrogen) atoms. The van der Waals surface area contributed by atoms with E-state index in [1.807, 2.05) is 6.26 Å². The lowest BCUT2D eigenvalue weighted by molar-refractivity contribution is -0.142. The zero-order valence-corrected chi connectivity index (χ0v) is 22.0. The number of nitrogens with zero attached hydrogens (tertiary/aromatic N) is 3. The van der Waals surface area contributed by atoms with Crippen molar-refractivity contribution in [2.75, 3.05) is 12.0 Å². The van der Waals surface area contributed by atoms with Gasteiger partial charge in [0.25, 0.3) is 0 Å². The van der Waals surface area contributed by atoms with Crippen LogP contribution in [0.25, 0.3) is 0 Å². The van der Waals surface area contributed by atoms with Gasteiger partial charge in [-0.25, -0.2) is 19.7 Å². The highest BCUT2D eigenvalue weighted by Gasteiger charge is 2.31. The summed E-state index contributed by atoms with van der Waals surface area (Å²) in [4.78, 5) is 71.4. The Morgan fingerprint density at radius 2 is 1.26 bits per heavy atom. The molecule has 210 valence electrons. The molecule has 3 aromatic heterocycles. The van der Waals surface area contributed by atoms with Crippen molar-refractivity contribution in [3.8, 4) is 0 Å². The molecule has 0 aliphatic heterocycles. The Labute approximate surface area is 227 Å². The average Bonchev–Trinajstić information content (AvgIpc) is 3.70. The van der Waals surface area contributed by atoms with E-state index >= 15 is 0 Å². The zero-order chi connectivity index (χ0) is 28.2. The Bertz CT molecular complexity index is 1190. The van der Waals surface area contributed by atoms with Crippen LogP contribution in [0.3, 0.4) is 0 Å². The number of aromatic amines is 3. The molecule has 16 heteroatoms. The largest absolute Gasteiger partial charge is 0.480 e. The van der Waals surface area contributed by atoms with Gasteiger partial charge in [0, 0.05) is 54.9 Å². The molecule has 15 nitrogen and oxygen atoms in total. The van der Waals surface area contributed by atoms with E-state index in [1.165, 1.54) is 43.1 Å². The number of hydrogen-bond acceptors (Lipinski definition) is 9. The van der Waals surface area contributed by atoms with Crippen LogP contribution in [0, 0.1) is 0 Å². The van der Waals surface area contributed by atoms with Gasteiger partial charge in [-0.05, 0) is 18.4 Å². The lowest BCUT2D eigenvalue weighted by Crippen LogP contribution is -2.58. The van der Waals surface area contributed by atoms with E-state index < -0.39 is 47.9 Å². The van der Waals surface area contributed by atoms with Gasteiger partial charge >= 0.3 is 5.97 Å². The first kappa shape index (κ1) is 29.4. The number of nitrogens with two attached hydrogens (primary N) is 1. The number of nitrogens with one attached hydrogen (secondary N) is 6. The molecule has 3 rings (SSSR count). The Balaban J connectivity index is 1.70. The lowest BCUT2D eigenvalue weighted by Gasteiger charge is -2.25. The van der Waals surface area contributed by atoms with Crippen molar-refractivity contribution < 1.29 is 24.3 Å². The van der Waals surface area contributed by atoms with Gasteiger partial charge in [-0.1, -0.05) is 0 Å². The summed E-state index contributed by atoms with van der Waals surface area (Å²) in [6.07, 6.45) is 11.2. The maximum atomic E-state index is 13.4. The zero-order valence-electron chi connectivity index (χ0n) is 21.2. The number of aliphatic carboxylic acids is 1. The first-order valence-corrected chi connectivity index (χ1v) is 13.5. The fourth-order valence-electron chi connectivity index (χ4n) is 3.70. The molecule has 0 saturated heterocycles. The molecule has 0 saturated carbocycles. The van der Waals surface area contributed by atoms with Crippen LogP contribution >= 0.6 is 11.8 Å². The molecule has 3 aromatic rings. The van der Waals surface area contributed by atoms with Crippen LogP contribution in [0.15, 0.2) is 37.6 Å². The summed E-state index contributed by atoms with van der Waals surface area (Å²) in [5.41, 5.74) is 7.81. The van der Waals surface area contributed by atoms with Crippen molar-refractivity contribution in [3.05, 3.63) is 54.7 Å². The van der Waals surface area contributed by atoms with Crippen molar-refractivity contribution in [2.24, 2.45) is 5.73 Å². The molecule has 0 spiro atoms. The van der Waals surface area contributed by atoms with E-state index in [4.69, 9.17) is 5.73 Å². The van der Waals surface area contributed by atoms with Gasteiger partial charge in [0.05, 0.1) is 25.0 Å². The minimum absolute atomic E-state index is 0.0169. The predicted octanol–water partition coefficient (Wildman–Crippen LogP) is -1.50. The van der Waals surface area contributed by atoms with E-state index in [9.17, 15) is 24.3 Å². The molecule has 0 radical (unpaired) electrons. The first-order chi connectivity index (χ1) is 18.8. The minimum atomic E-state index is -1.24. The quantitative estimate of drug-likeness (QED) is 0.101. The highest BCUT2D eigenvalue weighted by Crippen LogP contribution is 2.07. The van der Waals surface area contributed by atoms with Gasteiger partial charge in [-0.3, -0.25) is 14.4 Å². The number of thioether (sulfide) groups is 1. The van der Waals surface area contributed by atoms with Gasteiger partial charge in [0.15, 0.2) is 0 Å². The fourth-order valence-corrected chi connectivity index (χ4v) is 4.17. The summed E-state index contributed by atoms with van der Waals surface area (Å²) in [7, 11) is 0. The van der Waals surface area contributed by atoms with E-state index in [1.54, 1.807) is 6.20 Å². The van der Waals surface area contributed by atoms with Gasteiger partial charge in [-0.15, -0.1) is 0 Å². The Hall–Kier alpha value is -4.18. The molecule has 0 aliphatic rings. The van der Waals surface area contributed by atoms with Crippen LogP contribution < -0.4 is 21.7 Å². The summed E-state index contributed by atoms with van der Waals surface area (Å²) in [6, 6.07) is -4.34. The lowest BCUT2D eigenvalue weighted by atomic mass is 10.1. The third-order valence-electron chi connectivity index (χ3n) is 5.78. The smallest absolute Gasteiger partial charge is 0.326 e. The third-order valence-corrected chi connectivity index (χ3v) is 6.42. The van der Waals surface area contributed by atoms with Crippen molar-refractivity contribution in [1.82, 2.24) is 45.9 Å². The summed E-state index contributed by atoms with van der Waals surface area (Å²) < 4.78 is 0. The van der Waals surface area contributed by atoms with E-state index in [-0.39, 0.29) is 25.7 Å². The fraction of sp³-hybridized carbons (Fsp3) is 0.435. The minimum Gasteiger partial charge on any atom is -0.480 e. The molecular weight excluding hydrogens is 528 g/mol. The number of rotatable bonds is 16. The predicted molar refractivity (Wildman–Crippen MR) is 141 cm³/mol. The maximum Gasteiger partial charge on any atom is 0.326 e. The standard InChI is InChI=1S/C23H32N10O5S/c1-39-3-2-17(21(35)33-19(23(37)38)6-15-9-27-12-30-15)31-22(36)18(5-14-8-26-11-29-14)32-20(34)16(24)4-13-7-25-10-28-13/h7-12,16-19H,2-6,24H2,1H3,(H,25,28)(H,26,29)(H,27,30)(H,31,36)(H,32,34)(H,33,35)(H,37,38). The second-order valence-electron chi connectivity index (χ2n) is 8.75. The number of carbonyl (C=O) groups is 4. The molecular formula is C23H32N10O5S. The second kappa shape index (κ2) is 14.7. The number of imidazole rings is 3. The van der Waals surface area contributed by atoms with Crippen LogP contribution in [-0.4, -0.2) is 94.9 Å². The summed E-state index contributed by atoms with van der Waals surface area (Å²) in [6.45, 7) is 0. The van der Waals surface area contributed by atoms with Crippen molar-refractivity contribution >= 4 is 35.5 Å². The normalized spacial score (nSPS) is 14.1. The molecule has 3 amide bonds. The molecule has 0 bridgehead atoms. The number of hydrogen-bond donors (Lipinski definition) is 8. The number of carboxylic acids is 1. The number of carbonyl (C=O) groups excluding carboxylic acids is 3. The van der Waals surface area contributed by atoms with Gasteiger partial charge in [-0.2, -0.15) is 11.8 Å². The van der Waals surface area contributed by atoms with Crippen molar-refractivity contribution in [3.63, 3.8) is 0 Å². The number of carboxylic acid groups (broad SMARTS) is 1. The molecule has 0 aliphatic carbocycles. The number of H-pyrrole nitrogens is 3. The number of amides is 3. The second-order valence-corrected chi connectivity index (χ2v) is 9.74. The van der Waals surface area contributed by atoms with E-state index in [0.717, 1.165) is 0 Å². The monoisotopic (exact) mass is 560 g/mol. The Morgan fingerprint density at radius 3 is 1.74 bits per heavy atom. The summed E-state index contributed by atoms with van der Waals surface area (Å²) in [5.74, 6) is -2.58. The highest BCUT2D eigenvalue weighted by atomic mass is 32.2. The Kier molecular flexibility index (Phi) is 11.1. The average molecular weight is 561 g/mol. The highest BCUT2D eigenvalue weighted by molar-refractivity contribution is 7.98. The van der Waals surface area contributed by atoms with E-state index in [0.29, 0.717) is 22.8 Å².